The van der Waals surface area contributed by atoms with E-state index in [1.807, 2.05) is 18.2 Å². The SMILES string of the molecule is Cc1sc(C)c(C(=O)N2CC3CN(CC[C@H](NC(=O)[C@H]4CCOC4)c4ccccc4)CC3C2)c1C. The van der Waals surface area contributed by atoms with Crippen LogP contribution in [0.5, 0.6) is 0 Å². The van der Waals surface area contributed by atoms with Gasteiger partial charge in [0.05, 0.1) is 24.1 Å². The molecule has 3 saturated heterocycles. The number of amides is 2. The summed E-state index contributed by atoms with van der Waals surface area (Å²) in [6.07, 6.45) is 1.69. The fourth-order valence-electron chi connectivity index (χ4n) is 6.06. The van der Waals surface area contributed by atoms with Crippen LogP contribution in [-0.4, -0.2) is 67.6 Å². The van der Waals surface area contributed by atoms with Crippen LogP contribution in [0, 0.1) is 38.5 Å². The molecule has 1 aromatic carbocycles. The second kappa shape index (κ2) is 10.4. The number of carbonyl (C=O) groups excluding carboxylic acids is 2. The van der Waals surface area contributed by atoms with Crippen molar-refractivity contribution in [3.8, 4) is 0 Å². The third kappa shape index (κ3) is 5.18. The molecule has 0 spiro atoms. The van der Waals surface area contributed by atoms with Crippen LogP contribution in [0.4, 0.5) is 0 Å². The van der Waals surface area contributed by atoms with Crippen LogP contribution in [0.25, 0.3) is 0 Å². The van der Waals surface area contributed by atoms with Crippen molar-refractivity contribution in [3.05, 3.63) is 56.8 Å². The molecule has 3 fully saturated rings. The molecule has 5 rings (SSSR count). The summed E-state index contributed by atoms with van der Waals surface area (Å²) in [5.74, 6) is 1.38. The molecule has 1 N–H and O–H groups in total. The van der Waals surface area contributed by atoms with Gasteiger partial charge in [-0.25, -0.2) is 0 Å². The van der Waals surface area contributed by atoms with Crippen molar-refractivity contribution in [1.82, 2.24) is 15.1 Å². The highest BCUT2D eigenvalue weighted by Gasteiger charge is 2.42. The highest BCUT2D eigenvalue weighted by atomic mass is 32.1. The van der Waals surface area contributed by atoms with Crippen molar-refractivity contribution in [1.29, 1.82) is 0 Å². The molecule has 4 heterocycles. The fourth-order valence-corrected chi connectivity index (χ4v) is 7.11. The van der Waals surface area contributed by atoms with E-state index in [9.17, 15) is 9.59 Å². The number of rotatable bonds is 7. The lowest BCUT2D eigenvalue weighted by molar-refractivity contribution is -0.125. The number of likely N-dealkylation sites (tertiary alicyclic amines) is 2. The molecule has 1 aromatic heterocycles. The van der Waals surface area contributed by atoms with Crippen molar-refractivity contribution < 1.29 is 14.3 Å². The van der Waals surface area contributed by atoms with Gasteiger partial charge in [-0.15, -0.1) is 11.3 Å². The largest absolute Gasteiger partial charge is 0.381 e. The molecular formula is C28H37N3O3S. The molecule has 0 bridgehead atoms. The summed E-state index contributed by atoms with van der Waals surface area (Å²) in [6, 6.07) is 10.3. The Bertz CT molecular complexity index is 1050. The Hall–Kier alpha value is -2.22. The molecule has 2 amide bonds. The number of aryl methyl sites for hydroxylation is 2. The molecule has 0 radical (unpaired) electrons. The van der Waals surface area contributed by atoms with Gasteiger partial charge in [-0.05, 0) is 56.6 Å². The fraction of sp³-hybridized carbons (Fsp3) is 0.571. The summed E-state index contributed by atoms with van der Waals surface area (Å²) in [5, 5.41) is 3.30. The number of ether oxygens (including phenoxy) is 1. The van der Waals surface area contributed by atoms with E-state index in [-0.39, 0.29) is 23.8 Å². The molecule has 3 aliphatic heterocycles. The maximum absolute atomic E-state index is 13.3. The number of hydrogen-bond acceptors (Lipinski definition) is 5. The molecule has 6 nitrogen and oxygen atoms in total. The predicted molar refractivity (Wildman–Crippen MR) is 139 cm³/mol. The Balaban J connectivity index is 1.17. The molecule has 35 heavy (non-hydrogen) atoms. The Labute approximate surface area is 212 Å². The number of fused-ring (bicyclic) bond motifs is 1. The van der Waals surface area contributed by atoms with Gasteiger partial charge in [0.2, 0.25) is 5.91 Å². The van der Waals surface area contributed by atoms with E-state index < -0.39 is 0 Å². The minimum atomic E-state index is -0.0323. The van der Waals surface area contributed by atoms with Crippen LogP contribution in [-0.2, 0) is 9.53 Å². The van der Waals surface area contributed by atoms with Gasteiger partial charge in [0, 0.05) is 49.1 Å². The predicted octanol–water partition coefficient (Wildman–Crippen LogP) is 3.96. The van der Waals surface area contributed by atoms with E-state index in [0.29, 0.717) is 25.0 Å². The molecule has 2 aromatic rings. The zero-order chi connectivity index (χ0) is 24.5. The lowest BCUT2D eigenvalue weighted by Gasteiger charge is -2.25. The van der Waals surface area contributed by atoms with Crippen molar-refractivity contribution in [2.75, 3.05) is 45.9 Å². The van der Waals surface area contributed by atoms with E-state index in [1.165, 1.54) is 4.88 Å². The molecule has 188 valence electrons. The Morgan fingerprint density at radius 1 is 1.06 bits per heavy atom. The average molecular weight is 496 g/mol. The summed E-state index contributed by atoms with van der Waals surface area (Å²) in [4.78, 5) is 33.1. The number of benzene rings is 1. The average Bonchev–Trinajstić information content (AvgIpc) is 3.62. The number of nitrogens with zero attached hydrogens (tertiary/aromatic N) is 2. The summed E-state index contributed by atoms with van der Waals surface area (Å²) in [6.45, 7) is 12.2. The lowest BCUT2D eigenvalue weighted by Crippen LogP contribution is -2.37. The van der Waals surface area contributed by atoms with Gasteiger partial charge in [0.15, 0.2) is 0 Å². The van der Waals surface area contributed by atoms with Crippen LogP contribution in [0.15, 0.2) is 30.3 Å². The Morgan fingerprint density at radius 3 is 2.37 bits per heavy atom. The lowest BCUT2D eigenvalue weighted by atomic mass is 10.0. The summed E-state index contributed by atoms with van der Waals surface area (Å²) >= 11 is 1.73. The van der Waals surface area contributed by atoms with Gasteiger partial charge in [0.1, 0.15) is 0 Å². The maximum atomic E-state index is 13.3. The summed E-state index contributed by atoms with van der Waals surface area (Å²) in [7, 11) is 0. The minimum absolute atomic E-state index is 0.00981. The first-order valence-corrected chi connectivity index (χ1v) is 13.7. The van der Waals surface area contributed by atoms with Crippen LogP contribution in [0.3, 0.4) is 0 Å². The number of hydrogen-bond donors (Lipinski definition) is 1. The van der Waals surface area contributed by atoms with Crippen LogP contribution < -0.4 is 5.32 Å². The van der Waals surface area contributed by atoms with Gasteiger partial charge in [-0.2, -0.15) is 0 Å². The Kier molecular flexibility index (Phi) is 7.28. The van der Waals surface area contributed by atoms with Crippen molar-refractivity contribution in [2.24, 2.45) is 17.8 Å². The molecule has 2 unspecified atom stereocenters. The number of carbonyl (C=O) groups is 2. The molecule has 3 aliphatic rings. The van der Waals surface area contributed by atoms with E-state index in [0.717, 1.165) is 67.1 Å². The number of thiophene rings is 1. The van der Waals surface area contributed by atoms with Gasteiger partial charge < -0.3 is 19.9 Å². The third-order valence-electron chi connectivity index (χ3n) is 8.18. The van der Waals surface area contributed by atoms with Crippen molar-refractivity contribution >= 4 is 23.2 Å². The second-order valence-corrected chi connectivity index (χ2v) is 12.0. The van der Waals surface area contributed by atoms with Crippen molar-refractivity contribution in [3.63, 3.8) is 0 Å². The summed E-state index contributed by atoms with van der Waals surface area (Å²) in [5.41, 5.74) is 3.24. The normalized spacial score (nSPS) is 25.1. The van der Waals surface area contributed by atoms with Gasteiger partial charge in [-0.3, -0.25) is 9.59 Å². The van der Waals surface area contributed by atoms with Gasteiger partial charge in [0.25, 0.3) is 5.91 Å². The topological polar surface area (TPSA) is 61.9 Å². The van der Waals surface area contributed by atoms with Crippen molar-refractivity contribution in [2.45, 2.75) is 39.7 Å². The minimum Gasteiger partial charge on any atom is -0.381 e. The van der Waals surface area contributed by atoms with Crippen LogP contribution in [0.1, 0.15) is 50.1 Å². The standard InChI is InChI=1S/C28H37N3O3S/c1-18-19(2)35-20(3)26(18)28(33)31-15-23-13-30(14-24(23)16-31)11-9-25(21-7-5-4-6-8-21)29-27(32)22-10-12-34-17-22/h4-8,22-25H,9-17H2,1-3H3,(H,29,32)/t22-,23?,24?,25-/m0/s1. The van der Waals surface area contributed by atoms with Gasteiger partial charge in [-0.1, -0.05) is 30.3 Å². The second-order valence-electron chi connectivity index (χ2n) is 10.5. The smallest absolute Gasteiger partial charge is 0.255 e. The summed E-state index contributed by atoms with van der Waals surface area (Å²) < 4.78 is 5.42. The molecule has 7 heteroatoms. The highest BCUT2D eigenvalue weighted by molar-refractivity contribution is 7.12. The monoisotopic (exact) mass is 495 g/mol. The molecular weight excluding hydrogens is 458 g/mol. The quantitative estimate of drug-likeness (QED) is 0.632. The van der Waals surface area contributed by atoms with Crippen LogP contribution in [0.2, 0.25) is 0 Å². The zero-order valence-electron chi connectivity index (χ0n) is 21.1. The van der Waals surface area contributed by atoms with E-state index in [1.54, 1.807) is 11.3 Å². The van der Waals surface area contributed by atoms with E-state index in [2.05, 4.69) is 48.0 Å². The highest BCUT2D eigenvalue weighted by Crippen LogP contribution is 2.35. The maximum Gasteiger partial charge on any atom is 0.255 e. The molecule has 0 aliphatic carbocycles. The molecule has 0 saturated carbocycles. The third-order valence-corrected chi connectivity index (χ3v) is 9.30. The molecule has 4 atom stereocenters. The zero-order valence-corrected chi connectivity index (χ0v) is 21.9. The van der Waals surface area contributed by atoms with E-state index >= 15 is 0 Å². The van der Waals surface area contributed by atoms with Crippen LogP contribution >= 0.6 is 11.3 Å². The first kappa shape index (κ1) is 24.5. The first-order chi connectivity index (χ1) is 16.9. The Morgan fingerprint density at radius 2 is 1.77 bits per heavy atom. The number of nitrogens with one attached hydrogen (secondary N) is 1. The van der Waals surface area contributed by atoms with E-state index in [4.69, 9.17) is 4.74 Å². The first-order valence-electron chi connectivity index (χ1n) is 12.9. The van der Waals surface area contributed by atoms with Gasteiger partial charge >= 0.3 is 0 Å².